The number of amides is 2. The number of carbonyl (C=O) groups is 4. The highest BCUT2D eigenvalue weighted by Crippen LogP contribution is 2.56. The standard InChI is InChI=1S/C25H23NO6/c1-31-19-10-6-14(7-11-19)20(27)13-32-25(30)15-4-8-18(9-5-15)26-23(28)21-16-2-3-17(12-16)22(21)24(26)29/h4-11,16-17,21-22H,2-3,12-13H2,1H3/t16-,17+,21-,22+. The molecule has 32 heavy (non-hydrogen) atoms. The Morgan fingerprint density at radius 2 is 1.44 bits per heavy atom. The molecule has 2 bridgehead atoms. The molecule has 1 aliphatic heterocycles. The predicted octanol–water partition coefficient (Wildman–Crippen LogP) is 3.27. The van der Waals surface area contributed by atoms with Gasteiger partial charge in [-0.25, -0.2) is 4.79 Å². The van der Waals surface area contributed by atoms with Crippen LogP contribution in [0.5, 0.6) is 5.75 Å². The number of ketones is 1. The van der Waals surface area contributed by atoms with E-state index in [0.29, 0.717) is 28.8 Å². The number of benzene rings is 2. The molecule has 2 saturated carbocycles. The van der Waals surface area contributed by atoms with E-state index in [1.54, 1.807) is 36.4 Å². The number of anilines is 1. The molecule has 0 spiro atoms. The fraction of sp³-hybridized carbons (Fsp3) is 0.360. The number of imide groups is 1. The minimum atomic E-state index is -0.646. The summed E-state index contributed by atoms with van der Waals surface area (Å²) >= 11 is 0. The molecule has 5 rings (SSSR count). The van der Waals surface area contributed by atoms with Crippen LogP contribution in [0.2, 0.25) is 0 Å². The van der Waals surface area contributed by atoms with Gasteiger partial charge in [0, 0.05) is 5.56 Å². The highest BCUT2D eigenvalue weighted by atomic mass is 16.5. The number of carbonyl (C=O) groups excluding carboxylic acids is 4. The van der Waals surface area contributed by atoms with E-state index in [1.165, 1.54) is 24.1 Å². The van der Waals surface area contributed by atoms with Crippen LogP contribution < -0.4 is 9.64 Å². The van der Waals surface area contributed by atoms with Crippen LogP contribution in [-0.4, -0.2) is 37.3 Å². The van der Waals surface area contributed by atoms with Crippen LogP contribution in [0.15, 0.2) is 48.5 Å². The van der Waals surface area contributed by atoms with Gasteiger partial charge in [0.15, 0.2) is 12.4 Å². The molecule has 2 aliphatic carbocycles. The van der Waals surface area contributed by atoms with Crippen LogP contribution >= 0.6 is 0 Å². The number of rotatable bonds is 6. The van der Waals surface area contributed by atoms with Crippen molar-refractivity contribution in [3.8, 4) is 5.75 Å². The van der Waals surface area contributed by atoms with Gasteiger partial charge >= 0.3 is 5.97 Å². The largest absolute Gasteiger partial charge is 0.497 e. The molecule has 2 aromatic carbocycles. The topological polar surface area (TPSA) is 90.0 Å². The first-order valence-corrected chi connectivity index (χ1v) is 10.8. The average molecular weight is 433 g/mol. The summed E-state index contributed by atoms with van der Waals surface area (Å²) in [7, 11) is 1.54. The van der Waals surface area contributed by atoms with Gasteiger partial charge in [-0.3, -0.25) is 19.3 Å². The van der Waals surface area contributed by atoms with Crippen LogP contribution in [0.4, 0.5) is 5.69 Å². The van der Waals surface area contributed by atoms with E-state index in [4.69, 9.17) is 9.47 Å². The monoisotopic (exact) mass is 433 g/mol. The Bertz CT molecular complexity index is 1060. The van der Waals surface area contributed by atoms with Gasteiger partial charge in [0.25, 0.3) is 0 Å². The SMILES string of the molecule is COc1ccc(C(=O)COC(=O)c2ccc(N3C(=O)[C@@H]4[C@@H]5CC[C@@H](C5)[C@@H]4C3=O)cc2)cc1. The normalized spacial score (nSPS) is 25.7. The van der Waals surface area contributed by atoms with E-state index in [1.807, 2.05) is 0 Å². The Hall–Kier alpha value is -3.48. The lowest BCUT2D eigenvalue weighted by molar-refractivity contribution is -0.123. The number of ether oxygens (including phenoxy) is 2. The molecule has 3 aliphatic rings. The van der Waals surface area contributed by atoms with Gasteiger partial charge in [-0.15, -0.1) is 0 Å². The lowest BCUT2D eigenvalue weighted by atomic mass is 9.81. The van der Waals surface area contributed by atoms with E-state index >= 15 is 0 Å². The van der Waals surface area contributed by atoms with Crippen molar-refractivity contribution in [3.63, 3.8) is 0 Å². The second-order valence-electron chi connectivity index (χ2n) is 8.67. The number of hydrogen-bond donors (Lipinski definition) is 0. The highest BCUT2D eigenvalue weighted by Gasteiger charge is 2.61. The number of fused-ring (bicyclic) bond motifs is 5. The Balaban J connectivity index is 1.23. The molecule has 3 fully saturated rings. The van der Waals surface area contributed by atoms with Crippen molar-refractivity contribution >= 4 is 29.3 Å². The van der Waals surface area contributed by atoms with Crippen LogP contribution in [0, 0.1) is 23.7 Å². The quantitative estimate of drug-likeness (QED) is 0.395. The summed E-state index contributed by atoms with van der Waals surface area (Å²) in [5, 5.41) is 0. The van der Waals surface area contributed by atoms with E-state index in [-0.39, 0.29) is 41.6 Å². The second kappa shape index (κ2) is 7.89. The smallest absolute Gasteiger partial charge is 0.338 e. The maximum absolute atomic E-state index is 12.9. The number of Topliss-reactive ketones (excluding diaryl/α,β-unsaturated/α-hetero) is 1. The molecule has 7 heteroatoms. The molecule has 164 valence electrons. The van der Waals surface area contributed by atoms with Crippen LogP contribution in [0.1, 0.15) is 40.0 Å². The fourth-order valence-corrected chi connectivity index (χ4v) is 5.48. The van der Waals surface area contributed by atoms with E-state index in [9.17, 15) is 19.2 Å². The number of nitrogens with zero attached hydrogens (tertiary/aromatic N) is 1. The van der Waals surface area contributed by atoms with Crippen molar-refractivity contribution in [2.45, 2.75) is 19.3 Å². The fourth-order valence-electron chi connectivity index (χ4n) is 5.48. The van der Waals surface area contributed by atoms with Crippen molar-refractivity contribution in [1.82, 2.24) is 0 Å². The molecule has 2 amide bonds. The average Bonchev–Trinajstić information content (AvgIpc) is 3.51. The molecule has 2 aromatic rings. The zero-order chi connectivity index (χ0) is 22.4. The lowest BCUT2D eigenvalue weighted by Gasteiger charge is -2.19. The Morgan fingerprint density at radius 1 is 0.875 bits per heavy atom. The minimum Gasteiger partial charge on any atom is -0.497 e. The minimum absolute atomic E-state index is 0.118. The van der Waals surface area contributed by atoms with Gasteiger partial charge in [-0.2, -0.15) is 0 Å². The molecular formula is C25H23NO6. The first kappa shape index (κ1) is 20.4. The van der Waals surface area contributed by atoms with Crippen molar-refractivity contribution < 1.29 is 28.7 Å². The number of esters is 1. The second-order valence-corrected chi connectivity index (χ2v) is 8.67. The van der Waals surface area contributed by atoms with Crippen molar-refractivity contribution in [1.29, 1.82) is 0 Å². The molecule has 0 N–H and O–H groups in total. The van der Waals surface area contributed by atoms with Gasteiger partial charge in [0.2, 0.25) is 11.8 Å². The Kier molecular flexibility index (Phi) is 5.04. The molecule has 0 unspecified atom stereocenters. The van der Waals surface area contributed by atoms with E-state index in [2.05, 4.69) is 0 Å². The van der Waals surface area contributed by atoms with Crippen LogP contribution in [0.3, 0.4) is 0 Å². The summed E-state index contributed by atoms with van der Waals surface area (Å²) in [6, 6.07) is 12.7. The molecular weight excluding hydrogens is 410 g/mol. The van der Waals surface area contributed by atoms with E-state index in [0.717, 1.165) is 19.3 Å². The van der Waals surface area contributed by atoms with Crippen LogP contribution in [-0.2, 0) is 14.3 Å². The molecule has 7 nitrogen and oxygen atoms in total. The third-order valence-corrected chi connectivity index (χ3v) is 7.04. The van der Waals surface area contributed by atoms with Crippen LogP contribution in [0.25, 0.3) is 0 Å². The van der Waals surface area contributed by atoms with Crippen molar-refractivity contribution in [2.75, 3.05) is 18.6 Å². The summed E-state index contributed by atoms with van der Waals surface area (Å²) in [5.74, 6) is -0.304. The van der Waals surface area contributed by atoms with Crippen molar-refractivity contribution in [3.05, 3.63) is 59.7 Å². The zero-order valence-corrected chi connectivity index (χ0v) is 17.7. The van der Waals surface area contributed by atoms with Crippen molar-refractivity contribution in [2.24, 2.45) is 23.7 Å². The van der Waals surface area contributed by atoms with Gasteiger partial charge in [0.05, 0.1) is 30.2 Å². The number of hydrogen-bond acceptors (Lipinski definition) is 6. The third-order valence-electron chi connectivity index (χ3n) is 7.04. The summed E-state index contributed by atoms with van der Waals surface area (Å²) < 4.78 is 10.2. The summed E-state index contributed by atoms with van der Waals surface area (Å²) in [4.78, 5) is 51.7. The van der Waals surface area contributed by atoms with Gasteiger partial charge in [-0.05, 0) is 79.6 Å². The summed E-state index contributed by atoms with van der Waals surface area (Å²) in [6.45, 7) is -0.387. The van der Waals surface area contributed by atoms with Gasteiger partial charge in [-0.1, -0.05) is 0 Å². The van der Waals surface area contributed by atoms with E-state index < -0.39 is 5.97 Å². The molecule has 4 atom stereocenters. The molecule has 1 saturated heterocycles. The third kappa shape index (κ3) is 3.28. The maximum atomic E-state index is 12.9. The van der Waals surface area contributed by atoms with Gasteiger partial charge in [0.1, 0.15) is 5.75 Å². The first-order chi connectivity index (χ1) is 15.5. The summed E-state index contributed by atoms with van der Waals surface area (Å²) in [6.07, 6.45) is 3.04. The molecule has 0 aromatic heterocycles. The Morgan fingerprint density at radius 3 is 2.00 bits per heavy atom. The highest BCUT2D eigenvalue weighted by molar-refractivity contribution is 6.22. The first-order valence-electron chi connectivity index (χ1n) is 10.8. The lowest BCUT2D eigenvalue weighted by Crippen LogP contribution is -2.32. The predicted molar refractivity (Wildman–Crippen MR) is 114 cm³/mol. The molecule has 1 heterocycles. The summed E-state index contributed by atoms with van der Waals surface area (Å²) in [5.41, 5.74) is 1.13. The molecule has 0 radical (unpaired) electrons. The van der Waals surface area contributed by atoms with Gasteiger partial charge < -0.3 is 9.47 Å². The maximum Gasteiger partial charge on any atom is 0.338 e. The number of methoxy groups -OCH3 is 1. The Labute approximate surface area is 185 Å². The zero-order valence-electron chi connectivity index (χ0n) is 17.7.